The van der Waals surface area contributed by atoms with Crippen LogP contribution in [0, 0.1) is 0 Å². The number of nitrogens with one attached hydrogen (secondary N) is 1. The van der Waals surface area contributed by atoms with E-state index in [1.165, 1.54) is 16.8 Å². The van der Waals surface area contributed by atoms with Gasteiger partial charge in [-0.25, -0.2) is 9.48 Å². The summed E-state index contributed by atoms with van der Waals surface area (Å²) in [4.78, 5) is 22.7. The van der Waals surface area contributed by atoms with Gasteiger partial charge in [-0.3, -0.25) is 4.79 Å². The fourth-order valence-electron chi connectivity index (χ4n) is 1.82. The maximum Gasteiger partial charge on any atom is 0.335 e. The van der Waals surface area contributed by atoms with E-state index >= 15 is 0 Å². The Labute approximate surface area is 115 Å². The van der Waals surface area contributed by atoms with Crippen LogP contribution in [0.4, 0.5) is 0 Å². The first-order valence-electron chi connectivity index (χ1n) is 6.14. The summed E-state index contributed by atoms with van der Waals surface area (Å²) in [5.74, 6) is -1.20. The van der Waals surface area contributed by atoms with E-state index < -0.39 is 5.97 Å². The molecule has 0 aliphatic carbocycles. The third-order valence-corrected chi connectivity index (χ3v) is 2.57. The van der Waals surface area contributed by atoms with Crippen LogP contribution in [0.25, 0.3) is 11.0 Å². The number of hydrogen-bond donors (Lipinski definition) is 2. The van der Waals surface area contributed by atoms with Gasteiger partial charge in [0.25, 0.3) is 0 Å². The Morgan fingerprint density at radius 2 is 2.05 bits per heavy atom. The summed E-state index contributed by atoms with van der Waals surface area (Å²) in [7, 11) is 0. The third-order valence-electron chi connectivity index (χ3n) is 2.57. The second-order valence-corrected chi connectivity index (χ2v) is 5.55. The topological polar surface area (TPSA) is 97.1 Å². The van der Waals surface area contributed by atoms with Crippen molar-refractivity contribution in [3.05, 3.63) is 23.8 Å². The number of aromatic nitrogens is 3. The highest BCUT2D eigenvalue weighted by atomic mass is 16.4. The second kappa shape index (κ2) is 4.92. The summed E-state index contributed by atoms with van der Waals surface area (Å²) < 4.78 is 1.45. The molecule has 0 bridgehead atoms. The summed E-state index contributed by atoms with van der Waals surface area (Å²) >= 11 is 0. The van der Waals surface area contributed by atoms with Gasteiger partial charge in [0.05, 0.1) is 11.1 Å². The summed E-state index contributed by atoms with van der Waals surface area (Å²) in [6, 6.07) is 4.50. The molecule has 0 aliphatic heterocycles. The lowest BCUT2D eigenvalue weighted by Crippen LogP contribution is -2.42. The molecule has 1 aromatic heterocycles. The molecular formula is C13H16N4O3. The number of hydrogen-bond acceptors (Lipinski definition) is 4. The molecule has 0 atom stereocenters. The van der Waals surface area contributed by atoms with Gasteiger partial charge in [-0.2, -0.15) is 0 Å². The van der Waals surface area contributed by atoms with Gasteiger partial charge in [0.15, 0.2) is 0 Å². The predicted molar refractivity (Wildman–Crippen MR) is 72.4 cm³/mol. The van der Waals surface area contributed by atoms with Crippen molar-refractivity contribution in [3.8, 4) is 0 Å². The van der Waals surface area contributed by atoms with Crippen LogP contribution < -0.4 is 5.32 Å². The monoisotopic (exact) mass is 276 g/mol. The number of amides is 1. The maximum atomic E-state index is 11.9. The second-order valence-electron chi connectivity index (χ2n) is 5.55. The zero-order valence-corrected chi connectivity index (χ0v) is 11.5. The average Bonchev–Trinajstić information content (AvgIpc) is 2.69. The van der Waals surface area contributed by atoms with Gasteiger partial charge in [0.2, 0.25) is 5.91 Å². The number of nitrogens with zero attached hydrogens (tertiary/aromatic N) is 3. The van der Waals surface area contributed by atoms with Gasteiger partial charge < -0.3 is 10.4 Å². The lowest BCUT2D eigenvalue weighted by Gasteiger charge is -2.20. The molecule has 0 radical (unpaired) electrons. The number of fused-ring (bicyclic) bond motifs is 1. The smallest absolute Gasteiger partial charge is 0.335 e. The Hall–Kier alpha value is -2.44. The molecule has 0 fully saturated rings. The van der Waals surface area contributed by atoms with Crippen LogP contribution in [0.15, 0.2) is 18.2 Å². The lowest BCUT2D eigenvalue weighted by molar-refractivity contribution is -0.123. The van der Waals surface area contributed by atoms with E-state index in [9.17, 15) is 9.59 Å². The van der Waals surface area contributed by atoms with Crippen molar-refractivity contribution >= 4 is 22.9 Å². The molecule has 20 heavy (non-hydrogen) atoms. The van der Waals surface area contributed by atoms with Gasteiger partial charge >= 0.3 is 5.97 Å². The molecule has 2 aromatic rings. The number of aromatic carboxylic acids is 1. The van der Waals surface area contributed by atoms with Crippen molar-refractivity contribution in [2.24, 2.45) is 0 Å². The molecule has 0 saturated heterocycles. The fourth-order valence-corrected chi connectivity index (χ4v) is 1.82. The molecule has 2 N–H and O–H groups in total. The van der Waals surface area contributed by atoms with E-state index in [-0.39, 0.29) is 23.6 Å². The predicted octanol–water partition coefficient (Wildman–Crippen LogP) is 1.04. The normalized spacial score (nSPS) is 11.6. The molecule has 7 heteroatoms. The largest absolute Gasteiger partial charge is 0.478 e. The molecule has 1 amide bonds. The highest BCUT2D eigenvalue weighted by Crippen LogP contribution is 2.13. The third kappa shape index (κ3) is 3.11. The van der Waals surface area contributed by atoms with Crippen molar-refractivity contribution < 1.29 is 14.7 Å². The minimum absolute atomic E-state index is 0.0419. The van der Waals surface area contributed by atoms with Crippen LogP contribution in [-0.2, 0) is 11.3 Å². The van der Waals surface area contributed by atoms with Crippen LogP contribution in [0.3, 0.4) is 0 Å². The molecule has 1 aromatic carbocycles. The van der Waals surface area contributed by atoms with E-state index in [1.54, 1.807) is 6.07 Å². The van der Waals surface area contributed by atoms with E-state index in [2.05, 4.69) is 15.6 Å². The van der Waals surface area contributed by atoms with Gasteiger partial charge in [0, 0.05) is 5.54 Å². The molecule has 0 saturated carbocycles. The van der Waals surface area contributed by atoms with Crippen molar-refractivity contribution in [2.45, 2.75) is 32.9 Å². The first kappa shape index (κ1) is 14.0. The molecule has 2 rings (SSSR count). The minimum atomic E-state index is -1.02. The number of benzene rings is 1. The van der Waals surface area contributed by atoms with Gasteiger partial charge in [0.1, 0.15) is 12.1 Å². The Balaban J connectivity index is 2.24. The van der Waals surface area contributed by atoms with E-state index in [1.807, 2.05) is 20.8 Å². The van der Waals surface area contributed by atoms with Crippen molar-refractivity contribution in [3.63, 3.8) is 0 Å². The van der Waals surface area contributed by atoms with E-state index in [0.29, 0.717) is 11.0 Å². The number of carboxylic acid groups (broad SMARTS) is 1. The molecule has 0 spiro atoms. The van der Waals surface area contributed by atoms with Crippen molar-refractivity contribution in [1.82, 2.24) is 20.3 Å². The molecular weight excluding hydrogens is 260 g/mol. The van der Waals surface area contributed by atoms with Gasteiger partial charge in [-0.05, 0) is 39.0 Å². The Morgan fingerprint density at radius 3 is 2.65 bits per heavy atom. The molecule has 1 heterocycles. The molecule has 0 aliphatic rings. The Bertz CT molecular complexity index is 670. The van der Waals surface area contributed by atoms with Crippen LogP contribution >= 0.6 is 0 Å². The lowest BCUT2D eigenvalue weighted by atomic mass is 10.1. The molecule has 0 unspecified atom stereocenters. The highest BCUT2D eigenvalue weighted by molar-refractivity contribution is 5.92. The van der Waals surface area contributed by atoms with Crippen LogP contribution in [0.5, 0.6) is 0 Å². The minimum Gasteiger partial charge on any atom is -0.478 e. The van der Waals surface area contributed by atoms with Crippen LogP contribution in [0.2, 0.25) is 0 Å². The fraction of sp³-hybridized carbons (Fsp3) is 0.385. The SMILES string of the molecule is CC(C)(C)NC(=O)Cn1nnc2cc(C(=O)O)ccc21. The summed E-state index contributed by atoms with van der Waals surface area (Å²) in [5, 5.41) is 19.5. The van der Waals surface area contributed by atoms with Gasteiger partial charge in [-0.1, -0.05) is 5.21 Å². The summed E-state index contributed by atoms with van der Waals surface area (Å²) in [5.41, 5.74) is 0.903. The van der Waals surface area contributed by atoms with Crippen molar-refractivity contribution in [2.75, 3.05) is 0 Å². The Kier molecular flexibility index (Phi) is 3.44. The quantitative estimate of drug-likeness (QED) is 0.873. The summed E-state index contributed by atoms with van der Waals surface area (Å²) in [6.07, 6.45) is 0. The van der Waals surface area contributed by atoms with E-state index in [4.69, 9.17) is 5.11 Å². The first-order valence-corrected chi connectivity index (χ1v) is 6.14. The number of carbonyl (C=O) groups excluding carboxylic acids is 1. The summed E-state index contributed by atoms with van der Waals surface area (Å²) in [6.45, 7) is 5.72. The van der Waals surface area contributed by atoms with Crippen LogP contribution in [0.1, 0.15) is 31.1 Å². The molecule has 7 nitrogen and oxygen atoms in total. The van der Waals surface area contributed by atoms with Crippen LogP contribution in [-0.4, -0.2) is 37.5 Å². The number of carbonyl (C=O) groups is 2. The average molecular weight is 276 g/mol. The van der Waals surface area contributed by atoms with Crippen molar-refractivity contribution in [1.29, 1.82) is 0 Å². The molecule has 106 valence electrons. The van der Waals surface area contributed by atoms with E-state index in [0.717, 1.165) is 0 Å². The first-order chi connectivity index (χ1) is 9.26. The standard InChI is InChI=1S/C13H16N4O3/c1-13(2,3)14-11(18)7-17-10-5-4-8(12(19)20)6-9(10)15-16-17/h4-6H,7H2,1-3H3,(H,14,18)(H,19,20). The highest BCUT2D eigenvalue weighted by Gasteiger charge is 2.16. The maximum absolute atomic E-state index is 11.9. The Morgan fingerprint density at radius 1 is 1.35 bits per heavy atom. The number of rotatable bonds is 3. The zero-order chi connectivity index (χ0) is 14.9. The van der Waals surface area contributed by atoms with Gasteiger partial charge in [-0.15, -0.1) is 5.10 Å². The number of carboxylic acids is 1. The zero-order valence-electron chi connectivity index (χ0n) is 11.5.